The number of ether oxygens (including phenoxy) is 1. The van der Waals surface area contributed by atoms with Gasteiger partial charge < -0.3 is 9.84 Å². The monoisotopic (exact) mass is 310 g/mol. The molecule has 22 heavy (non-hydrogen) atoms. The quantitative estimate of drug-likeness (QED) is 0.641. The molecule has 1 rings (SSSR count). The Bertz CT molecular complexity index is 539. The van der Waals surface area contributed by atoms with E-state index in [1.807, 2.05) is 0 Å². The summed E-state index contributed by atoms with van der Waals surface area (Å²) in [6.07, 6.45) is -0.651. The molecule has 1 atom stereocenters. The largest absolute Gasteiger partial charge is 0.465 e. The lowest BCUT2D eigenvalue weighted by atomic mass is 9.96. The Kier molecular flexibility index (Phi) is 5.87. The number of hydrogen-bond donors (Lipinski definition) is 1. The summed E-state index contributed by atoms with van der Waals surface area (Å²) in [6, 6.07) is 5.56. The zero-order valence-corrected chi connectivity index (χ0v) is 13.3. The lowest BCUT2D eigenvalue weighted by Crippen LogP contribution is -2.47. The number of rotatable bonds is 6. The lowest BCUT2D eigenvalue weighted by Gasteiger charge is -2.39. The van der Waals surface area contributed by atoms with Crippen molar-refractivity contribution >= 4 is 11.8 Å². The second kappa shape index (κ2) is 7.22. The van der Waals surface area contributed by atoms with Crippen molar-refractivity contribution in [3.05, 3.63) is 39.9 Å². The second-order valence-corrected chi connectivity index (χ2v) is 5.97. The Hall–Kier alpha value is -2.15. The van der Waals surface area contributed by atoms with E-state index in [9.17, 15) is 20.0 Å². The van der Waals surface area contributed by atoms with Crippen molar-refractivity contribution in [1.82, 2.24) is 4.90 Å². The van der Waals surface area contributed by atoms with Crippen LogP contribution in [-0.4, -0.2) is 40.3 Å². The minimum Gasteiger partial charge on any atom is -0.465 e. The van der Waals surface area contributed by atoms with E-state index >= 15 is 0 Å². The van der Waals surface area contributed by atoms with Gasteiger partial charge in [-0.15, -0.1) is 0 Å². The fourth-order valence-corrected chi connectivity index (χ4v) is 2.41. The van der Waals surface area contributed by atoms with Crippen LogP contribution < -0.4 is 0 Å². The topological polar surface area (TPSA) is 92.9 Å². The summed E-state index contributed by atoms with van der Waals surface area (Å²) in [5.41, 5.74) is -0.114. The standard InChI is InChI=1S/C15H22N2O5/c1-15(2,3)16(14(18)19)13(8-9-22-4)11-6-5-7-12(10-11)17(20)21/h5-7,10,13H,8-9H2,1-4H3,(H,18,19). The molecular formula is C15H22N2O5. The molecule has 0 bridgehead atoms. The zero-order valence-electron chi connectivity index (χ0n) is 13.3. The molecule has 1 N–H and O–H groups in total. The average molecular weight is 310 g/mol. The van der Waals surface area contributed by atoms with Gasteiger partial charge in [0.15, 0.2) is 0 Å². The van der Waals surface area contributed by atoms with Gasteiger partial charge in [0.25, 0.3) is 5.69 Å². The third-order valence-corrected chi connectivity index (χ3v) is 3.30. The third kappa shape index (κ3) is 4.42. The van der Waals surface area contributed by atoms with Gasteiger partial charge in [0.1, 0.15) is 0 Å². The first-order valence-electron chi connectivity index (χ1n) is 6.94. The van der Waals surface area contributed by atoms with E-state index in [-0.39, 0.29) is 5.69 Å². The number of amides is 1. The molecule has 0 spiro atoms. The predicted molar refractivity (Wildman–Crippen MR) is 81.9 cm³/mol. The van der Waals surface area contributed by atoms with Crippen molar-refractivity contribution in [2.75, 3.05) is 13.7 Å². The molecule has 7 heteroatoms. The normalized spacial score (nSPS) is 12.7. The molecule has 1 aromatic carbocycles. The van der Waals surface area contributed by atoms with Gasteiger partial charge in [-0.25, -0.2) is 4.79 Å². The minimum atomic E-state index is -1.07. The molecule has 7 nitrogen and oxygen atoms in total. The maximum absolute atomic E-state index is 11.7. The van der Waals surface area contributed by atoms with Gasteiger partial charge in [0.2, 0.25) is 0 Å². The van der Waals surface area contributed by atoms with Crippen LogP contribution in [0.1, 0.15) is 38.8 Å². The summed E-state index contributed by atoms with van der Waals surface area (Å²) >= 11 is 0. The van der Waals surface area contributed by atoms with Gasteiger partial charge >= 0.3 is 6.09 Å². The molecule has 1 aromatic rings. The number of non-ortho nitro benzene ring substituents is 1. The number of methoxy groups -OCH3 is 1. The SMILES string of the molecule is COCCC(c1cccc([N+](=O)[O-])c1)N(C(=O)O)C(C)(C)C. The Morgan fingerprint density at radius 2 is 2.09 bits per heavy atom. The van der Waals surface area contributed by atoms with Crippen LogP contribution in [0.4, 0.5) is 10.5 Å². The minimum absolute atomic E-state index is 0.0563. The highest BCUT2D eigenvalue weighted by molar-refractivity contribution is 5.67. The maximum Gasteiger partial charge on any atom is 0.408 e. The summed E-state index contributed by atoms with van der Waals surface area (Å²) in [5, 5.41) is 20.5. The van der Waals surface area contributed by atoms with E-state index in [1.54, 1.807) is 32.9 Å². The van der Waals surface area contributed by atoms with Gasteiger partial charge in [0, 0.05) is 31.4 Å². The summed E-state index contributed by atoms with van der Waals surface area (Å²) in [4.78, 5) is 23.5. The van der Waals surface area contributed by atoms with Crippen LogP contribution in [-0.2, 0) is 4.74 Å². The fraction of sp³-hybridized carbons (Fsp3) is 0.533. The zero-order chi connectivity index (χ0) is 16.9. The average Bonchev–Trinajstić information content (AvgIpc) is 2.41. The van der Waals surface area contributed by atoms with E-state index in [0.29, 0.717) is 18.6 Å². The van der Waals surface area contributed by atoms with Crippen molar-refractivity contribution in [2.24, 2.45) is 0 Å². The number of benzene rings is 1. The Morgan fingerprint density at radius 3 is 2.55 bits per heavy atom. The number of nitro benzene ring substituents is 1. The molecule has 0 aliphatic heterocycles. The number of carboxylic acid groups (broad SMARTS) is 1. The molecule has 0 radical (unpaired) electrons. The first-order chi connectivity index (χ1) is 10.2. The van der Waals surface area contributed by atoms with Gasteiger partial charge in [-0.1, -0.05) is 12.1 Å². The third-order valence-electron chi connectivity index (χ3n) is 3.30. The van der Waals surface area contributed by atoms with Crippen LogP contribution in [0.2, 0.25) is 0 Å². The van der Waals surface area contributed by atoms with E-state index in [2.05, 4.69) is 0 Å². The molecule has 0 heterocycles. The predicted octanol–water partition coefficient (Wildman–Crippen LogP) is 3.45. The van der Waals surface area contributed by atoms with E-state index in [0.717, 1.165) is 0 Å². The Labute approximate surface area is 129 Å². The van der Waals surface area contributed by atoms with E-state index < -0.39 is 22.6 Å². The fourth-order valence-electron chi connectivity index (χ4n) is 2.41. The molecule has 0 aromatic heterocycles. The Morgan fingerprint density at radius 1 is 1.45 bits per heavy atom. The lowest BCUT2D eigenvalue weighted by molar-refractivity contribution is -0.385. The summed E-state index contributed by atoms with van der Waals surface area (Å²) < 4.78 is 5.06. The van der Waals surface area contributed by atoms with Gasteiger partial charge in [-0.2, -0.15) is 0 Å². The molecule has 0 aliphatic rings. The molecule has 0 fully saturated rings. The van der Waals surface area contributed by atoms with E-state index in [4.69, 9.17) is 4.74 Å². The molecule has 0 aliphatic carbocycles. The molecule has 1 unspecified atom stereocenters. The number of hydrogen-bond acceptors (Lipinski definition) is 4. The molecule has 1 amide bonds. The smallest absolute Gasteiger partial charge is 0.408 e. The number of carbonyl (C=O) groups is 1. The van der Waals surface area contributed by atoms with Gasteiger partial charge in [-0.05, 0) is 32.8 Å². The highest BCUT2D eigenvalue weighted by Crippen LogP contribution is 2.32. The number of nitrogens with zero attached hydrogens (tertiary/aromatic N) is 2. The summed E-state index contributed by atoms with van der Waals surface area (Å²) in [5.74, 6) is 0. The summed E-state index contributed by atoms with van der Waals surface area (Å²) in [7, 11) is 1.53. The van der Waals surface area contributed by atoms with Crippen molar-refractivity contribution in [2.45, 2.75) is 38.8 Å². The second-order valence-electron chi connectivity index (χ2n) is 5.97. The van der Waals surface area contributed by atoms with Crippen molar-refractivity contribution < 1.29 is 19.6 Å². The van der Waals surface area contributed by atoms with Crippen LogP contribution >= 0.6 is 0 Å². The van der Waals surface area contributed by atoms with Gasteiger partial charge in [0.05, 0.1) is 11.0 Å². The Balaban J connectivity index is 3.29. The van der Waals surface area contributed by atoms with E-state index in [1.165, 1.54) is 24.1 Å². The first-order valence-corrected chi connectivity index (χ1v) is 6.94. The van der Waals surface area contributed by atoms with Crippen molar-refractivity contribution in [1.29, 1.82) is 0 Å². The molecule has 122 valence electrons. The van der Waals surface area contributed by atoms with Crippen LogP contribution in [0, 0.1) is 10.1 Å². The van der Waals surface area contributed by atoms with Gasteiger partial charge in [-0.3, -0.25) is 15.0 Å². The molecular weight excluding hydrogens is 288 g/mol. The van der Waals surface area contributed by atoms with Crippen molar-refractivity contribution in [3.63, 3.8) is 0 Å². The van der Waals surface area contributed by atoms with Crippen LogP contribution in [0.5, 0.6) is 0 Å². The molecule has 0 saturated heterocycles. The number of nitro groups is 1. The molecule has 0 saturated carbocycles. The van der Waals surface area contributed by atoms with Crippen LogP contribution in [0.15, 0.2) is 24.3 Å². The highest BCUT2D eigenvalue weighted by atomic mass is 16.6. The first kappa shape index (κ1) is 17.9. The van der Waals surface area contributed by atoms with Crippen LogP contribution in [0.3, 0.4) is 0 Å². The van der Waals surface area contributed by atoms with Crippen molar-refractivity contribution in [3.8, 4) is 0 Å². The maximum atomic E-state index is 11.7. The van der Waals surface area contributed by atoms with Crippen LogP contribution in [0.25, 0.3) is 0 Å². The summed E-state index contributed by atoms with van der Waals surface area (Å²) in [6.45, 7) is 5.72. The highest BCUT2D eigenvalue weighted by Gasteiger charge is 2.34.